The highest BCUT2D eigenvalue weighted by Crippen LogP contribution is 2.11. The smallest absolute Gasteiger partial charge is 0.410 e. The van der Waals surface area contributed by atoms with E-state index in [1.807, 2.05) is 39.8 Å². The Morgan fingerprint density at radius 3 is 2.59 bits per heavy atom. The van der Waals surface area contributed by atoms with Crippen molar-refractivity contribution in [2.75, 3.05) is 45.8 Å². The lowest BCUT2D eigenvalue weighted by atomic mass is 10.2. The predicted octanol–water partition coefficient (Wildman–Crippen LogP) is 1.89. The van der Waals surface area contributed by atoms with Crippen molar-refractivity contribution in [2.24, 2.45) is 4.99 Å². The second kappa shape index (κ2) is 10.2. The quantitative estimate of drug-likeness (QED) is 0.580. The lowest BCUT2D eigenvalue weighted by molar-refractivity contribution is 0.0147. The number of piperazine rings is 1. The number of carbonyl (C=O) groups is 1. The number of carbonyl (C=O) groups excluding carboxylic acids is 1. The maximum atomic E-state index is 12.1. The summed E-state index contributed by atoms with van der Waals surface area (Å²) in [5.41, 5.74) is -0.449. The van der Waals surface area contributed by atoms with E-state index in [-0.39, 0.29) is 6.09 Å². The average molecular weight is 380 g/mol. The Hall–Kier alpha value is -2.22. The molecule has 1 aliphatic heterocycles. The van der Waals surface area contributed by atoms with Crippen LogP contribution in [0.2, 0.25) is 0 Å². The molecule has 2 N–H and O–H groups in total. The number of furan rings is 1. The molecule has 152 valence electrons. The number of hydrogen-bond donors (Lipinski definition) is 2. The van der Waals surface area contributed by atoms with Crippen molar-refractivity contribution >= 4 is 12.1 Å². The van der Waals surface area contributed by atoms with Crippen molar-refractivity contribution in [3.63, 3.8) is 0 Å². The number of aliphatic imine (C=N–C) groups is 1. The number of ether oxygens (including phenoxy) is 1. The Labute approximate surface area is 161 Å². The van der Waals surface area contributed by atoms with Crippen molar-refractivity contribution in [3.8, 4) is 0 Å². The molecule has 1 saturated heterocycles. The molecule has 1 fully saturated rings. The van der Waals surface area contributed by atoms with Crippen LogP contribution < -0.4 is 10.6 Å². The van der Waals surface area contributed by atoms with Gasteiger partial charge in [-0.3, -0.25) is 4.90 Å². The van der Waals surface area contributed by atoms with Crippen LogP contribution in [0.1, 0.15) is 33.5 Å². The van der Waals surface area contributed by atoms with E-state index >= 15 is 0 Å². The fourth-order valence-corrected chi connectivity index (χ4v) is 2.71. The summed E-state index contributed by atoms with van der Waals surface area (Å²) < 4.78 is 10.7. The fourth-order valence-electron chi connectivity index (χ4n) is 2.71. The third kappa shape index (κ3) is 7.90. The molecule has 1 aromatic heterocycles. The van der Waals surface area contributed by atoms with Crippen molar-refractivity contribution in [1.82, 2.24) is 20.4 Å². The molecule has 0 atom stereocenters. The van der Waals surface area contributed by atoms with Crippen LogP contribution >= 0.6 is 0 Å². The lowest BCUT2D eigenvalue weighted by Crippen LogP contribution is -2.51. The normalized spacial score (nSPS) is 16.3. The van der Waals surface area contributed by atoms with E-state index in [1.54, 1.807) is 11.2 Å². The SMILES string of the molecule is CCNC(=NCc1ccco1)NCCN1CCN(C(=O)OC(C)(C)C)CC1. The molecule has 27 heavy (non-hydrogen) atoms. The maximum Gasteiger partial charge on any atom is 0.410 e. The number of rotatable bonds is 6. The summed E-state index contributed by atoms with van der Waals surface area (Å²) in [5, 5.41) is 6.58. The number of nitrogens with one attached hydrogen (secondary N) is 2. The van der Waals surface area contributed by atoms with Crippen LogP contribution in [-0.4, -0.2) is 73.3 Å². The summed E-state index contributed by atoms with van der Waals surface area (Å²) in [7, 11) is 0. The first-order chi connectivity index (χ1) is 12.9. The Bertz CT molecular complexity index is 587. The molecule has 0 unspecified atom stereocenters. The zero-order valence-corrected chi connectivity index (χ0v) is 17.0. The molecule has 2 rings (SSSR count). The van der Waals surface area contributed by atoms with Crippen LogP contribution in [0.5, 0.6) is 0 Å². The zero-order chi connectivity index (χ0) is 19.7. The van der Waals surface area contributed by atoms with Crippen molar-refractivity contribution in [2.45, 2.75) is 39.8 Å². The average Bonchev–Trinajstić information content (AvgIpc) is 3.12. The van der Waals surface area contributed by atoms with Gasteiger partial charge in [-0.1, -0.05) is 0 Å². The van der Waals surface area contributed by atoms with Crippen LogP contribution in [0, 0.1) is 0 Å². The Kier molecular flexibility index (Phi) is 7.97. The zero-order valence-electron chi connectivity index (χ0n) is 17.0. The molecule has 0 aliphatic carbocycles. The van der Waals surface area contributed by atoms with Crippen LogP contribution in [-0.2, 0) is 11.3 Å². The van der Waals surface area contributed by atoms with Crippen molar-refractivity contribution < 1.29 is 13.9 Å². The van der Waals surface area contributed by atoms with Gasteiger partial charge in [0, 0.05) is 45.8 Å². The van der Waals surface area contributed by atoms with E-state index in [4.69, 9.17) is 9.15 Å². The summed E-state index contributed by atoms with van der Waals surface area (Å²) in [6.45, 7) is 13.8. The first kappa shape index (κ1) is 21.1. The van der Waals surface area contributed by atoms with Crippen molar-refractivity contribution in [3.05, 3.63) is 24.2 Å². The Morgan fingerprint density at radius 2 is 2.00 bits per heavy atom. The second-order valence-electron chi connectivity index (χ2n) is 7.51. The lowest BCUT2D eigenvalue weighted by Gasteiger charge is -2.35. The number of hydrogen-bond acceptors (Lipinski definition) is 5. The summed E-state index contributed by atoms with van der Waals surface area (Å²) in [5.74, 6) is 1.62. The number of amides is 1. The largest absolute Gasteiger partial charge is 0.467 e. The van der Waals surface area contributed by atoms with E-state index in [0.717, 1.165) is 44.4 Å². The highest BCUT2D eigenvalue weighted by Gasteiger charge is 2.25. The summed E-state index contributed by atoms with van der Waals surface area (Å²) in [4.78, 5) is 20.7. The van der Waals surface area contributed by atoms with Gasteiger partial charge in [0.25, 0.3) is 0 Å². The van der Waals surface area contributed by atoms with Crippen LogP contribution in [0.4, 0.5) is 4.79 Å². The monoisotopic (exact) mass is 379 g/mol. The highest BCUT2D eigenvalue weighted by atomic mass is 16.6. The van der Waals surface area contributed by atoms with Crippen LogP contribution in [0.3, 0.4) is 0 Å². The van der Waals surface area contributed by atoms with Gasteiger partial charge in [0.1, 0.15) is 17.9 Å². The van der Waals surface area contributed by atoms with Crippen LogP contribution in [0.15, 0.2) is 27.8 Å². The summed E-state index contributed by atoms with van der Waals surface area (Å²) >= 11 is 0. The third-order valence-electron chi connectivity index (χ3n) is 4.06. The molecule has 1 aliphatic rings. The second-order valence-corrected chi connectivity index (χ2v) is 7.51. The molecular weight excluding hydrogens is 346 g/mol. The predicted molar refractivity (Wildman–Crippen MR) is 106 cm³/mol. The molecule has 8 heteroatoms. The van der Waals surface area contributed by atoms with Gasteiger partial charge in [0.15, 0.2) is 5.96 Å². The van der Waals surface area contributed by atoms with Gasteiger partial charge < -0.3 is 24.7 Å². The molecule has 0 saturated carbocycles. The molecule has 1 amide bonds. The highest BCUT2D eigenvalue weighted by molar-refractivity contribution is 5.79. The minimum atomic E-state index is -0.449. The molecule has 0 radical (unpaired) electrons. The topological polar surface area (TPSA) is 82.3 Å². The first-order valence-electron chi connectivity index (χ1n) is 9.62. The van der Waals surface area contributed by atoms with Gasteiger partial charge in [0.05, 0.1) is 6.26 Å². The molecule has 1 aromatic rings. The van der Waals surface area contributed by atoms with E-state index in [9.17, 15) is 4.79 Å². The van der Waals surface area contributed by atoms with Crippen molar-refractivity contribution in [1.29, 1.82) is 0 Å². The Balaban J connectivity index is 1.69. The summed E-state index contributed by atoms with van der Waals surface area (Å²) in [6, 6.07) is 3.78. The van der Waals surface area contributed by atoms with E-state index < -0.39 is 5.60 Å². The van der Waals surface area contributed by atoms with E-state index in [0.29, 0.717) is 19.6 Å². The van der Waals surface area contributed by atoms with E-state index in [2.05, 4.69) is 20.5 Å². The fraction of sp³-hybridized carbons (Fsp3) is 0.684. The molecule has 0 aromatic carbocycles. The molecular formula is C19H33N5O3. The summed E-state index contributed by atoms with van der Waals surface area (Å²) in [6.07, 6.45) is 1.43. The standard InChI is InChI=1S/C19H33N5O3/c1-5-20-17(22-15-16-7-6-14-26-16)21-8-9-23-10-12-24(13-11-23)18(25)27-19(2,3)4/h6-7,14H,5,8-13,15H2,1-4H3,(H2,20,21,22). The van der Waals surface area contributed by atoms with Gasteiger partial charge in [-0.05, 0) is 39.8 Å². The minimum absolute atomic E-state index is 0.222. The number of nitrogens with zero attached hydrogens (tertiary/aromatic N) is 3. The van der Waals surface area contributed by atoms with E-state index in [1.165, 1.54) is 0 Å². The first-order valence-corrected chi connectivity index (χ1v) is 9.62. The van der Waals surface area contributed by atoms with Gasteiger partial charge in [-0.25, -0.2) is 9.79 Å². The maximum absolute atomic E-state index is 12.1. The molecule has 2 heterocycles. The van der Waals surface area contributed by atoms with Gasteiger partial charge >= 0.3 is 6.09 Å². The third-order valence-corrected chi connectivity index (χ3v) is 4.06. The molecule has 0 bridgehead atoms. The molecule has 8 nitrogen and oxygen atoms in total. The minimum Gasteiger partial charge on any atom is -0.467 e. The Morgan fingerprint density at radius 1 is 1.26 bits per heavy atom. The van der Waals surface area contributed by atoms with Gasteiger partial charge in [0.2, 0.25) is 0 Å². The molecule has 0 spiro atoms. The number of guanidine groups is 1. The van der Waals surface area contributed by atoms with Gasteiger partial charge in [-0.15, -0.1) is 0 Å². The van der Waals surface area contributed by atoms with Crippen LogP contribution in [0.25, 0.3) is 0 Å². The van der Waals surface area contributed by atoms with Gasteiger partial charge in [-0.2, -0.15) is 0 Å².